The van der Waals surface area contributed by atoms with Gasteiger partial charge in [-0.3, -0.25) is 4.79 Å². The monoisotopic (exact) mass is 297 g/mol. The summed E-state index contributed by atoms with van der Waals surface area (Å²) in [6.45, 7) is 7.93. The van der Waals surface area contributed by atoms with Gasteiger partial charge in [-0.15, -0.1) is 11.3 Å². The number of hydrogen-bond acceptors (Lipinski definition) is 5. The molecule has 0 aromatic carbocycles. The van der Waals surface area contributed by atoms with Gasteiger partial charge < -0.3 is 14.8 Å². The normalized spacial score (nSPS) is 16.4. The first kappa shape index (κ1) is 15.0. The summed E-state index contributed by atoms with van der Waals surface area (Å²) >= 11 is 1.39. The van der Waals surface area contributed by atoms with E-state index in [9.17, 15) is 9.59 Å². The Hall–Kier alpha value is -1.40. The molecule has 1 amide bonds. The van der Waals surface area contributed by atoms with Crippen LogP contribution in [0.4, 0.5) is 5.00 Å². The van der Waals surface area contributed by atoms with Crippen molar-refractivity contribution < 1.29 is 19.1 Å². The quantitative estimate of drug-likeness (QED) is 0.871. The van der Waals surface area contributed by atoms with Gasteiger partial charge in [0.05, 0.1) is 24.4 Å². The summed E-state index contributed by atoms with van der Waals surface area (Å²) in [7, 11) is 0. The number of ether oxygens (including phenoxy) is 2. The predicted octanol–water partition coefficient (Wildman–Crippen LogP) is 2.73. The summed E-state index contributed by atoms with van der Waals surface area (Å²) in [6.07, 6.45) is 0.632. The second-order valence-corrected chi connectivity index (χ2v) is 6.44. The lowest BCUT2D eigenvalue weighted by atomic mass is 9.93. The average Bonchev–Trinajstić information content (AvgIpc) is 2.64. The number of fused-ring (bicyclic) bond motifs is 1. The first-order chi connectivity index (χ1) is 9.34. The number of carbonyl (C=O) groups excluding carboxylic acids is 2. The van der Waals surface area contributed by atoms with Gasteiger partial charge in [0.15, 0.2) is 0 Å². The summed E-state index contributed by atoms with van der Waals surface area (Å²) in [5.74, 6) is -0.583. The highest BCUT2D eigenvalue weighted by atomic mass is 32.1. The number of thiophene rings is 1. The van der Waals surface area contributed by atoms with Crippen molar-refractivity contribution >= 4 is 28.2 Å². The maximum Gasteiger partial charge on any atom is 0.341 e. The molecule has 6 heteroatoms. The van der Waals surface area contributed by atoms with Crippen LogP contribution in [0.3, 0.4) is 0 Å². The molecular weight excluding hydrogens is 278 g/mol. The summed E-state index contributed by atoms with van der Waals surface area (Å²) in [6, 6.07) is 0. The van der Waals surface area contributed by atoms with Crippen molar-refractivity contribution in [2.45, 2.75) is 46.3 Å². The Kier molecular flexibility index (Phi) is 4.15. The van der Waals surface area contributed by atoms with Crippen molar-refractivity contribution in [1.82, 2.24) is 0 Å². The van der Waals surface area contributed by atoms with E-state index < -0.39 is 0 Å². The highest BCUT2D eigenvalue weighted by Crippen LogP contribution is 2.40. The molecule has 2 rings (SSSR count). The molecule has 110 valence electrons. The molecule has 0 radical (unpaired) electrons. The molecule has 1 N–H and O–H groups in total. The minimum Gasteiger partial charge on any atom is -0.462 e. The van der Waals surface area contributed by atoms with Crippen LogP contribution >= 0.6 is 11.3 Å². The molecule has 20 heavy (non-hydrogen) atoms. The van der Waals surface area contributed by atoms with Gasteiger partial charge in [-0.25, -0.2) is 4.79 Å². The van der Waals surface area contributed by atoms with E-state index in [1.807, 2.05) is 13.8 Å². The fourth-order valence-corrected chi connectivity index (χ4v) is 3.39. The third-order valence-corrected chi connectivity index (χ3v) is 4.18. The van der Waals surface area contributed by atoms with Crippen molar-refractivity contribution in [3.05, 3.63) is 16.0 Å². The van der Waals surface area contributed by atoms with Crippen molar-refractivity contribution in [3.8, 4) is 0 Å². The molecule has 0 unspecified atom stereocenters. The number of hydrogen-bond donors (Lipinski definition) is 1. The molecule has 0 aliphatic carbocycles. The van der Waals surface area contributed by atoms with Crippen LogP contribution < -0.4 is 5.32 Å². The van der Waals surface area contributed by atoms with Crippen LogP contribution in [0, 0.1) is 0 Å². The lowest BCUT2D eigenvalue weighted by Crippen LogP contribution is -2.32. The van der Waals surface area contributed by atoms with Gasteiger partial charge in [0.2, 0.25) is 5.91 Å². The largest absolute Gasteiger partial charge is 0.462 e. The molecule has 1 aliphatic rings. The van der Waals surface area contributed by atoms with Crippen LogP contribution in [0.2, 0.25) is 0 Å². The Morgan fingerprint density at radius 2 is 2.15 bits per heavy atom. The van der Waals surface area contributed by atoms with E-state index in [-0.39, 0.29) is 17.5 Å². The third-order valence-electron chi connectivity index (χ3n) is 3.06. The summed E-state index contributed by atoms with van der Waals surface area (Å²) in [5, 5.41) is 3.28. The van der Waals surface area contributed by atoms with E-state index in [4.69, 9.17) is 9.47 Å². The van der Waals surface area contributed by atoms with E-state index in [1.54, 1.807) is 6.92 Å². The SMILES string of the molecule is CCOC(=O)c1c(NC(C)=O)sc2c1CC(C)(C)OC2. The Balaban J connectivity index is 2.46. The number of anilines is 1. The first-order valence-electron chi connectivity index (χ1n) is 6.57. The van der Waals surface area contributed by atoms with Crippen LogP contribution in [0.5, 0.6) is 0 Å². The highest BCUT2D eigenvalue weighted by Gasteiger charge is 2.34. The molecule has 0 fully saturated rings. The maximum absolute atomic E-state index is 12.2. The minimum absolute atomic E-state index is 0.200. The van der Waals surface area contributed by atoms with Crippen molar-refractivity contribution in [1.29, 1.82) is 0 Å². The van der Waals surface area contributed by atoms with E-state index in [0.29, 0.717) is 30.2 Å². The lowest BCUT2D eigenvalue weighted by molar-refractivity contribution is -0.114. The van der Waals surface area contributed by atoms with Gasteiger partial charge in [-0.2, -0.15) is 0 Å². The molecule has 1 aromatic rings. The lowest BCUT2D eigenvalue weighted by Gasteiger charge is -2.30. The molecule has 0 saturated carbocycles. The van der Waals surface area contributed by atoms with E-state index in [1.165, 1.54) is 18.3 Å². The van der Waals surface area contributed by atoms with Gasteiger partial charge in [-0.05, 0) is 26.3 Å². The molecule has 0 saturated heterocycles. The number of esters is 1. The second-order valence-electron chi connectivity index (χ2n) is 5.33. The second kappa shape index (κ2) is 5.54. The Morgan fingerprint density at radius 1 is 1.45 bits per heavy atom. The molecule has 0 bridgehead atoms. The summed E-state index contributed by atoms with van der Waals surface area (Å²) < 4.78 is 10.9. The smallest absolute Gasteiger partial charge is 0.341 e. The van der Waals surface area contributed by atoms with Crippen LogP contribution in [0.1, 0.15) is 48.5 Å². The fraction of sp³-hybridized carbons (Fsp3) is 0.571. The van der Waals surface area contributed by atoms with Crippen molar-refractivity contribution in [2.75, 3.05) is 11.9 Å². The molecular formula is C14H19NO4S. The van der Waals surface area contributed by atoms with E-state index >= 15 is 0 Å². The Morgan fingerprint density at radius 3 is 2.75 bits per heavy atom. The zero-order valence-corrected chi connectivity index (χ0v) is 13.0. The molecule has 2 heterocycles. The summed E-state index contributed by atoms with van der Waals surface area (Å²) in [4.78, 5) is 24.5. The van der Waals surface area contributed by atoms with Crippen LogP contribution in [0.25, 0.3) is 0 Å². The molecule has 0 spiro atoms. The molecule has 1 aromatic heterocycles. The zero-order valence-electron chi connectivity index (χ0n) is 12.2. The van der Waals surface area contributed by atoms with E-state index in [0.717, 1.165) is 10.4 Å². The Bertz CT molecular complexity index is 548. The third kappa shape index (κ3) is 3.02. The van der Waals surface area contributed by atoms with Crippen LogP contribution in [0.15, 0.2) is 0 Å². The number of nitrogens with one attached hydrogen (secondary N) is 1. The first-order valence-corrected chi connectivity index (χ1v) is 7.39. The average molecular weight is 297 g/mol. The van der Waals surface area contributed by atoms with E-state index in [2.05, 4.69) is 5.32 Å². The number of carbonyl (C=O) groups is 2. The molecule has 0 atom stereocenters. The molecule has 1 aliphatic heterocycles. The van der Waals surface area contributed by atoms with Crippen LogP contribution in [-0.4, -0.2) is 24.1 Å². The highest BCUT2D eigenvalue weighted by molar-refractivity contribution is 7.17. The minimum atomic E-state index is -0.383. The number of amides is 1. The van der Waals surface area contributed by atoms with Crippen LogP contribution in [-0.2, 0) is 27.3 Å². The topological polar surface area (TPSA) is 64.6 Å². The van der Waals surface area contributed by atoms with Gasteiger partial charge in [0.1, 0.15) is 5.00 Å². The van der Waals surface area contributed by atoms with Gasteiger partial charge in [0, 0.05) is 18.2 Å². The summed E-state index contributed by atoms with van der Waals surface area (Å²) in [5.41, 5.74) is 1.11. The number of rotatable bonds is 3. The standard InChI is InChI=1S/C14H19NO4S/c1-5-18-13(17)11-9-6-14(3,4)19-7-10(9)20-12(11)15-8(2)16/h5-7H2,1-4H3,(H,15,16). The zero-order chi connectivity index (χ0) is 14.9. The molecule has 5 nitrogen and oxygen atoms in total. The van der Waals surface area contributed by atoms with Gasteiger partial charge >= 0.3 is 5.97 Å². The van der Waals surface area contributed by atoms with Crippen molar-refractivity contribution in [2.24, 2.45) is 0 Å². The Labute approximate surface area is 122 Å². The van der Waals surface area contributed by atoms with Crippen molar-refractivity contribution in [3.63, 3.8) is 0 Å². The fourth-order valence-electron chi connectivity index (χ4n) is 2.22. The van der Waals surface area contributed by atoms with Gasteiger partial charge in [0.25, 0.3) is 0 Å². The predicted molar refractivity (Wildman–Crippen MR) is 77.2 cm³/mol. The van der Waals surface area contributed by atoms with Gasteiger partial charge in [-0.1, -0.05) is 0 Å². The maximum atomic E-state index is 12.2.